The minimum atomic E-state index is 0.703. The van der Waals surface area contributed by atoms with E-state index in [1.54, 1.807) is 0 Å². The van der Waals surface area contributed by atoms with E-state index in [9.17, 15) is 0 Å². The highest BCUT2D eigenvalue weighted by molar-refractivity contribution is 5.22. The zero-order valence-corrected chi connectivity index (χ0v) is 12.8. The zero-order chi connectivity index (χ0) is 14.8. The second-order valence-corrected chi connectivity index (χ2v) is 5.24. The maximum Gasteiger partial charge on any atom is 0.0716 e. The first-order chi connectivity index (χ1) is 10.4. The third kappa shape index (κ3) is 6.11. The van der Waals surface area contributed by atoms with Crippen molar-refractivity contribution in [2.75, 3.05) is 13.2 Å². The molecule has 0 saturated heterocycles. The molecule has 112 valence electrons. The van der Waals surface area contributed by atoms with Gasteiger partial charge < -0.3 is 10.1 Å². The number of hydrogen-bond donors (Lipinski definition) is 1. The average molecular weight is 283 g/mol. The summed E-state index contributed by atoms with van der Waals surface area (Å²) >= 11 is 0. The van der Waals surface area contributed by atoms with E-state index in [4.69, 9.17) is 4.74 Å². The van der Waals surface area contributed by atoms with E-state index in [-0.39, 0.29) is 0 Å². The molecule has 0 aliphatic rings. The highest BCUT2D eigenvalue weighted by Crippen LogP contribution is 2.08. The fourth-order valence-corrected chi connectivity index (χ4v) is 2.31. The summed E-state index contributed by atoms with van der Waals surface area (Å²) in [5.41, 5.74) is 3.96. The van der Waals surface area contributed by atoms with Crippen LogP contribution >= 0.6 is 0 Å². The summed E-state index contributed by atoms with van der Waals surface area (Å²) in [6.45, 7) is 5.57. The molecule has 0 unspecified atom stereocenters. The Bertz CT molecular complexity index is 510. The van der Waals surface area contributed by atoms with E-state index in [1.807, 2.05) is 0 Å². The predicted molar refractivity (Wildman–Crippen MR) is 88.2 cm³/mol. The summed E-state index contributed by atoms with van der Waals surface area (Å²) in [5.74, 6) is 0. The Morgan fingerprint density at radius 1 is 0.905 bits per heavy atom. The quantitative estimate of drug-likeness (QED) is 0.704. The van der Waals surface area contributed by atoms with E-state index >= 15 is 0 Å². The molecule has 21 heavy (non-hydrogen) atoms. The summed E-state index contributed by atoms with van der Waals surface area (Å²) < 4.78 is 5.78. The van der Waals surface area contributed by atoms with Gasteiger partial charge in [-0.15, -0.1) is 0 Å². The second-order valence-electron chi connectivity index (χ2n) is 5.24. The Morgan fingerprint density at radius 2 is 1.67 bits per heavy atom. The molecule has 2 aromatic rings. The number of aryl methyl sites for hydroxylation is 1. The Labute approximate surface area is 128 Å². The molecule has 0 fully saturated rings. The molecule has 0 atom stereocenters. The smallest absolute Gasteiger partial charge is 0.0716 e. The zero-order valence-electron chi connectivity index (χ0n) is 12.8. The molecule has 0 aliphatic heterocycles. The lowest BCUT2D eigenvalue weighted by Crippen LogP contribution is -2.11. The Hall–Kier alpha value is -1.64. The van der Waals surface area contributed by atoms with Crippen LogP contribution in [0.2, 0.25) is 0 Å². The first kappa shape index (κ1) is 15.7. The Morgan fingerprint density at radius 3 is 2.48 bits per heavy atom. The fourth-order valence-electron chi connectivity index (χ4n) is 2.31. The maximum atomic E-state index is 5.78. The summed E-state index contributed by atoms with van der Waals surface area (Å²) in [4.78, 5) is 0. The number of nitrogens with one attached hydrogen (secondary N) is 1. The maximum absolute atomic E-state index is 5.78. The van der Waals surface area contributed by atoms with Gasteiger partial charge in [0.1, 0.15) is 0 Å². The molecular formula is C19H25NO. The first-order valence-electron chi connectivity index (χ1n) is 7.78. The van der Waals surface area contributed by atoms with Crippen LogP contribution < -0.4 is 5.32 Å². The van der Waals surface area contributed by atoms with Crippen molar-refractivity contribution in [3.63, 3.8) is 0 Å². The highest BCUT2D eigenvalue weighted by atomic mass is 16.5. The van der Waals surface area contributed by atoms with Gasteiger partial charge in [-0.05, 0) is 36.1 Å². The van der Waals surface area contributed by atoms with Gasteiger partial charge in [-0.3, -0.25) is 0 Å². The first-order valence-corrected chi connectivity index (χ1v) is 7.78. The van der Waals surface area contributed by atoms with Gasteiger partial charge >= 0.3 is 0 Å². The molecule has 1 N–H and O–H groups in total. The van der Waals surface area contributed by atoms with Crippen LogP contribution in [0.3, 0.4) is 0 Å². The van der Waals surface area contributed by atoms with E-state index in [2.05, 4.69) is 66.8 Å². The van der Waals surface area contributed by atoms with Crippen molar-refractivity contribution in [3.05, 3.63) is 71.3 Å². The fraction of sp³-hybridized carbons (Fsp3) is 0.368. The van der Waals surface area contributed by atoms with Crippen LogP contribution in [0.25, 0.3) is 0 Å². The average Bonchev–Trinajstić information content (AvgIpc) is 2.54. The molecule has 0 bridgehead atoms. The van der Waals surface area contributed by atoms with Crippen LogP contribution in [0.4, 0.5) is 0 Å². The van der Waals surface area contributed by atoms with E-state index in [1.165, 1.54) is 16.7 Å². The third-order valence-electron chi connectivity index (χ3n) is 3.44. The van der Waals surface area contributed by atoms with Crippen LogP contribution in [0.5, 0.6) is 0 Å². The van der Waals surface area contributed by atoms with Crippen molar-refractivity contribution in [2.24, 2.45) is 0 Å². The summed E-state index contributed by atoms with van der Waals surface area (Å²) in [6.07, 6.45) is 2.16. The van der Waals surface area contributed by atoms with Crippen molar-refractivity contribution in [1.82, 2.24) is 5.32 Å². The molecular weight excluding hydrogens is 258 g/mol. The SMILES string of the molecule is CCNCc1cccc(COCCCc2ccccc2)c1. The minimum Gasteiger partial charge on any atom is -0.377 e. The van der Waals surface area contributed by atoms with Crippen LogP contribution in [-0.2, 0) is 24.3 Å². The highest BCUT2D eigenvalue weighted by Gasteiger charge is 1.97. The van der Waals surface area contributed by atoms with Crippen LogP contribution in [0.15, 0.2) is 54.6 Å². The number of benzene rings is 2. The number of hydrogen-bond acceptors (Lipinski definition) is 2. The summed E-state index contributed by atoms with van der Waals surface area (Å²) in [5, 5.41) is 3.35. The van der Waals surface area contributed by atoms with E-state index in [0.29, 0.717) is 6.61 Å². The molecule has 2 heteroatoms. The van der Waals surface area contributed by atoms with Gasteiger partial charge in [0, 0.05) is 13.2 Å². The second kappa shape index (κ2) is 9.32. The molecule has 2 nitrogen and oxygen atoms in total. The minimum absolute atomic E-state index is 0.703. The molecule has 0 aliphatic carbocycles. The van der Waals surface area contributed by atoms with E-state index in [0.717, 1.165) is 32.5 Å². The molecule has 0 radical (unpaired) electrons. The molecule has 0 heterocycles. The van der Waals surface area contributed by atoms with Crippen LogP contribution in [0.1, 0.15) is 30.0 Å². The normalized spacial score (nSPS) is 10.7. The van der Waals surface area contributed by atoms with Gasteiger partial charge in [-0.2, -0.15) is 0 Å². The molecule has 2 rings (SSSR count). The van der Waals surface area contributed by atoms with Crippen LogP contribution in [-0.4, -0.2) is 13.2 Å². The third-order valence-corrected chi connectivity index (χ3v) is 3.44. The van der Waals surface area contributed by atoms with Crippen molar-refractivity contribution in [1.29, 1.82) is 0 Å². The number of rotatable bonds is 9. The van der Waals surface area contributed by atoms with Gasteiger partial charge in [-0.1, -0.05) is 61.5 Å². The predicted octanol–water partition coefficient (Wildman–Crippen LogP) is 3.95. The topological polar surface area (TPSA) is 21.3 Å². The molecule has 0 spiro atoms. The monoisotopic (exact) mass is 283 g/mol. The molecule has 0 amide bonds. The Balaban J connectivity index is 1.66. The standard InChI is InChI=1S/C19H25NO/c1-2-20-15-18-10-6-11-19(14-18)16-21-13-7-12-17-8-4-3-5-9-17/h3-6,8-11,14,20H,2,7,12-13,15-16H2,1H3. The lowest BCUT2D eigenvalue weighted by molar-refractivity contribution is 0.118. The lowest BCUT2D eigenvalue weighted by atomic mass is 10.1. The number of ether oxygens (including phenoxy) is 1. The van der Waals surface area contributed by atoms with Gasteiger partial charge in [0.15, 0.2) is 0 Å². The van der Waals surface area contributed by atoms with Gasteiger partial charge in [0.2, 0.25) is 0 Å². The van der Waals surface area contributed by atoms with Crippen molar-refractivity contribution < 1.29 is 4.74 Å². The van der Waals surface area contributed by atoms with Crippen LogP contribution in [0, 0.1) is 0 Å². The molecule has 0 aromatic heterocycles. The Kier molecular flexibility index (Phi) is 6.99. The summed E-state index contributed by atoms with van der Waals surface area (Å²) in [7, 11) is 0. The van der Waals surface area contributed by atoms with E-state index < -0.39 is 0 Å². The van der Waals surface area contributed by atoms with Crippen molar-refractivity contribution in [2.45, 2.75) is 32.9 Å². The van der Waals surface area contributed by atoms with Crippen molar-refractivity contribution >= 4 is 0 Å². The molecule has 2 aromatic carbocycles. The molecule has 0 saturated carbocycles. The van der Waals surface area contributed by atoms with Gasteiger partial charge in [0.05, 0.1) is 6.61 Å². The van der Waals surface area contributed by atoms with Gasteiger partial charge in [0.25, 0.3) is 0 Å². The van der Waals surface area contributed by atoms with Gasteiger partial charge in [-0.25, -0.2) is 0 Å². The largest absolute Gasteiger partial charge is 0.377 e. The lowest BCUT2D eigenvalue weighted by Gasteiger charge is -2.07. The van der Waals surface area contributed by atoms with Crippen molar-refractivity contribution in [3.8, 4) is 0 Å². The summed E-state index contributed by atoms with van der Waals surface area (Å²) in [6, 6.07) is 19.2.